The third kappa shape index (κ3) is 3.66. The van der Waals surface area contributed by atoms with Crippen molar-refractivity contribution in [1.82, 2.24) is 5.32 Å². The van der Waals surface area contributed by atoms with Crippen LogP contribution < -0.4 is 5.32 Å². The Kier molecular flexibility index (Phi) is 5.30. The van der Waals surface area contributed by atoms with Gasteiger partial charge in [-0.15, -0.1) is 0 Å². The summed E-state index contributed by atoms with van der Waals surface area (Å²) < 4.78 is 0. The molecule has 3 unspecified atom stereocenters. The first kappa shape index (κ1) is 15.6. The van der Waals surface area contributed by atoms with E-state index in [2.05, 4.69) is 5.32 Å². The molecule has 20 heavy (non-hydrogen) atoms. The highest BCUT2D eigenvalue weighted by molar-refractivity contribution is 6.42. The van der Waals surface area contributed by atoms with E-state index in [0.717, 1.165) is 18.4 Å². The average Bonchev–Trinajstić information content (AvgIpc) is 3.20. The van der Waals surface area contributed by atoms with Crippen LogP contribution in [-0.4, -0.2) is 23.7 Å². The number of aliphatic hydroxyl groups is 1. The molecule has 0 aliphatic heterocycles. The van der Waals surface area contributed by atoms with Crippen LogP contribution in [0.15, 0.2) is 18.2 Å². The molecule has 0 spiro atoms. The molecule has 0 aromatic heterocycles. The summed E-state index contributed by atoms with van der Waals surface area (Å²) in [6.45, 7) is 2.32. The zero-order valence-electron chi connectivity index (χ0n) is 11.4. The van der Waals surface area contributed by atoms with Gasteiger partial charge in [-0.2, -0.15) is 0 Å². The number of hydrogen-bond donors (Lipinski definition) is 2. The normalized spacial score (nSPS) is 22.4. The lowest BCUT2D eigenvalue weighted by molar-refractivity contribution is -0.122. The molecule has 2 rings (SSSR count). The molecule has 1 aromatic rings. The standard InChI is InChI=1S/C15H19Cl2NO2/c1-2-4-9(19)8-18-15(20)12-7-11(12)10-5-3-6-13(16)14(10)17/h3,5-6,9,11-12,19H,2,4,7-8H2,1H3,(H,18,20). The van der Waals surface area contributed by atoms with Crippen molar-refractivity contribution in [3.63, 3.8) is 0 Å². The summed E-state index contributed by atoms with van der Waals surface area (Å²) in [5, 5.41) is 13.5. The number of carbonyl (C=O) groups is 1. The topological polar surface area (TPSA) is 49.3 Å². The van der Waals surface area contributed by atoms with Gasteiger partial charge in [0.2, 0.25) is 5.91 Å². The molecule has 1 saturated carbocycles. The maximum Gasteiger partial charge on any atom is 0.223 e. The summed E-state index contributed by atoms with van der Waals surface area (Å²) in [4.78, 5) is 12.0. The van der Waals surface area contributed by atoms with Crippen LogP contribution in [0.2, 0.25) is 10.0 Å². The molecular formula is C15H19Cl2NO2. The maximum atomic E-state index is 12.0. The highest BCUT2D eigenvalue weighted by Crippen LogP contribution is 2.50. The molecule has 1 amide bonds. The molecule has 1 aromatic carbocycles. The van der Waals surface area contributed by atoms with E-state index in [-0.39, 0.29) is 17.7 Å². The van der Waals surface area contributed by atoms with Crippen molar-refractivity contribution in [2.45, 2.75) is 38.2 Å². The molecule has 1 aliphatic rings. The number of aliphatic hydroxyl groups excluding tert-OH is 1. The summed E-state index contributed by atoms with van der Waals surface area (Å²) in [6, 6.07) is 5.51. The van der Waals surface area contributed by atoms with Gasteiger partial charge < -0.3 is 10.4 Å². The lowest BCUT2D eigenvalue weighted by atomic mass is 10.1. The summed E-state index contributed by atoms with van der Waals surface area (Å²) in [6.07, 6.45) is 1.93. The minimum absolute atomic E-state index is 0.0128. The van der Waals surface area contributed by atoms with Crippen molar-refractivity contribution in [2.75, 3.05) is 6.54 Å². The lowest BCUT2D eigenvalue weighted by Crippen LogP contribution is -2.33. The molecule has 0 heterocycles. The van der Waals surface area contributed by atoms with E-state index in [0.29, 0.717) is 23.0 Å². The van der Waals surface area contributed by atoms with Gasteiger partial charge >= 0.3 is 0 Å². The Bertz CT molecular complexity index is 493. The lowest BCUT2D eigenvalue weighted by Gasteiger charge is -2.11. The number of hydrogen-bond acceptors (Lipinski definition) is 2. The molecule has 0 saturated heterocycles. The fourth-order valence-corrected chi connectivity index (χ4v) is 2.87. The summed E-state index contributed by atoms with van der Waals surface area (Å²) in [7, 11) is 0. The minimum Gasteiger partial charge on any atom is -0.391 e. The van der Waals surface area contributed by atoms with E-state index in [1.165, 1.54) is 0 Å². The Morgan fingerprint density at radius 1 is 1.50 bits per heavy atom. The Balaban J connectivity index is 1.88. The Labute approximate surface area is 129 Å². The first-order valence-electron chi connectivity index (χ1n) is 6.94. The van der Waals surface area contributed by atoms with Crippen LogP contribution in [0.5, 0.6) is 0 Å². The van der Waals surface area contributed by atoms with Gasteiger partial charge in [0.25, 0.3) is 0 Å². The monoisotopic (exact) mass is 315 g/mol. The van der Waals surface area contributed by atoms with Crippen molar-refractivity contribution >= 4 is 29.1 Å². The highest BCUT2D eigenvalue weighted by Gasteiger charge is 2.44. The zero-order valence-corrected chi connectivity index (χ0v) is 12.9. The smallest absolute Gasteiger partial charge is 0.223 e. The molecule has 5 heteroatoms. The van der Waals surface area contributed by atoms with E-state index in [4.69, 9.17) is 23.2 Å². The van der Waals surface area contributed by atoms with E-state index in [1.807, 2.05) is 19.1 Å². The van der Waals surface area contributed by atoms with Gasteiger partial charge in [0.05, 0.1) is 16.1 Å². The van der Waals surface area contributed by atoms with Crippen molar-refractivity contribution in [3.8, 4) is 0 Å². The molecular weight excluding hydrogens is 297 g/mol. The SMILES string of the molecule is CCCC(O)CNC(=O)C1CC1c1cccc(Cl)c1Cl. The number of amides is 1. The molecule has 0 bridgehead atoms. The first-order valence-corrected chi connectivity index (χ1v) is 7.69. The van der Waals surface area contributed by atoms with Crippen LogP contribution in [-0.2, 0) is 4.79 Å². The van der Waals surface area contributed by atoms with Crippen LogP contribution in [0.1, 0.15) is 37.7 Å². The summed E-state index contributed by atoms with van der Waals surface area (Å²) in [5.74, 6) is 0.0745. The predicted molar refractivity (Wildman–Crippen MR) is 81.2 cm³/mol. The van der Waals surface area contributed by atoms with Crippen LogP contribution >= 0.6 is 23.2 Å². The second-order valence-corrected chi connectivity index (χ2v) is 6.06. The molecule has 3 atom stereocenters. The summed E-state index contributed by atoms with van der Waals surface area (Å²) >= 11 is 12.1. The second-order valence-electron chi connectivity index (χ2n) is 5.28. The van der Waals surface area contributed by atoms with Gasteiger partial charge in [-0.05, 0) is 30.4 Å². The van der Waals surface area contributed by atoms with Gasteiger partial charge in [0, 0.05) is 12.5 Å². The van der Waals surface area contributed by atoms with Gasteiger partial charge in [0.15, 0.2) is 0 Å². The quantitative estimate of drug-likeness (QED) is 0.845. The van der Waals surface area contributed by atoms with Crippen molar-refractivity contribution in [2.24, 2.45) is 5.92 Å². The summed E-state index contributed by atoms with van der Waals surface area (Å²) in [5.41, 5.74) is 0.938. The van der Waals surface area contributed by atoms with E-state index in [9.17, 15) is 9.90 Å². The Morgan fingerprint density at radius 2 is 2.25 bits per heavy atom. The Hall–Kier alpha value is -0.770. The number of benzene rings is 1. The largest absolute Gasteiger partial charge is 0.391 e. The average molecular weight is 316 g/mol. The Morgan fingerprint density at radius 3 is 2.95 bits per heavy atom. The molecule has 110 valence electrons. The van der Waals surface area contributed by atoms with E-state index in [1.54, 1.807) is 6.07 Å². The first-order chi connectivity index (χ1) is 9.54. The maximum absolute atomic E-state index is 12.0. The highest BCUT2D eigenvalue weighted by atomic mass is 35.5. The predicted octanol–water partition coefficient (Wildman–Crippen LogP) is 3.37. The van der Waals surface area contributed by atoms with E-state index < -0.39 is 6.10 Å². The van der Waals surface area contributed by atoms with Crippen LogP contribution in [0, 0.1) is 5.92 Å². The van der Waals surface area contributed by atoms with E-state index >= 15 is 0 Å². The van der Waals surface area contributed by atoms with Gasteiger partial charge in [-0.25, -0.2) is 0 Å². The molecule has 3 nitrogen and oxygen atoms in total. The van der Waals surface area contributed by atoms with Crippen molar-refractivity contribution in [1.29, 1.82) is 0 Å². The fraction of sp³-hybridized carbons (Fsp3) is 0.533. The fourth-order valence-electron chi connectivity index (χ4n) is 2.42. The van der Waals surface area contributed by atoms with Crippen LogP contribution in [0.25, 0.3) is 0 Å². The van der Waals surface area contributed by atoms with Crippen molar-refractivity contribution < 1.29 is 9.90 Å². The third-order valence-corrected chi connectivity index (χ3v) is 4.48. The number of rotatable bonds is 6. The number of halogens is 2. The number of carbonyl (C=O) groups excluding carboxylic acids is 1. The van der Waals surface area contributed by atoms with Crippen LogP contribution in [0.4, 0.5) is 0 Å². The minimum atomic E-state index is -0.462. The molecule has 1 aliphatic carbocycles. The van der Waals surface area contributed by atoms with Gasteiger partial charge in [0.1, 0.15) is 0 Å². The van der Waals surface area contributed by atoms with Crippen LogP contribution in [0.3, 0.4) is 0 Å². The van der Waals surface area contributed by atoms with Gasteiger partial charge in [-0.3, -0.25) is 4.79 Å². The molecule has 0 radical (unpaired) electrons. The molecule has 2 N–H and O–H groups in total. The van der Waals surface area contributed by atoms with Crippen molar-refractivity contribution in [3.05, 3.63) is 33.8 Å². The molecule has 1 fully saturated rings. The second kappa shape index (κ2) is 6.79. The third-order valence-electron chi connectivity index (χ3n) is 3.64. The van der Waals surface area contributed by atoms with Gasteiger partial charge in [-0.1, -0.05) is 48.7 Å². The zero-order chi connectivity index (χ0) is 14.7. The number of nitrogens with one attached hydrogen (secondary N) is 1.